The lowest BCUT2D eigenvalue weighted by molar-refractivity contribution is -0.385. The van der Waals surface area contributed by atoms with Gasteiger partial charge in [0.05, 0.1) is 17.4 Å². The molecule has 0 saturated heterocycles. The van der Waals surface area contributed by atoms with E-state index in [-0.39, 0.29) is 16.9 Å². The van der Waals surface area contributed by atoms with Crippen LogP contribution in [-0.2, 0) is 0 Å². The molecule has 2 rings (SSSR count). The van der Waals surface area contributed by atoms with E-state index in [1.807, 2.05) is 6.92 Å². The first-order valence-electron chi connectivity index (χ1n) is 6.13. The number of nitro groups is 1. The molecule has 6 nitrogen and oxygen atoms in total. The maximum absolute atomic E-state index is 10.9. The van der Waals surface area contributed by atoms with Crippen molar-refractivity contribution in [3.05, 3.63) is 33.9 Å². The minimum atomic E-state index is -0.445. The van der Waals surface area contributed by atoms with E-state index in [1.54, 1.807) is 12.1 Å². The minimum absolute atomic E-state index is 0.0239. The van der Waals surface area contributed by atoms with E-state index in [4.69, 9.17) is 15.9 Å². The zero-order valence-corrected chi connectivity index (χ0v) is 10.8. The van der Waals surface area contributed by atoms with Crippen LogP contribution in [0.4, 0.5) is 5.69 Å². The molecule has 0 amide bonds. The zero-order valence-electron chi connectivity index (χ0n) is 10.8. The Hall–Kier alpha value is -2.11. The summed E-state index contributed by atoms with van der Waals surface area (Å²) in [5, 5.41) is 18.3. The van der Waals surface area contributed by atoms with Crippen molar-refractivity contribution in [2.75, 3.05) is 6.61 Å². The molecule has 0 bridgehead atoms. The van der Waals surface area contributed by atoms with Crippen LogP contribution in [0.25, 0.3) is 0 Å². The van der Waals surface area contributed by atoms with Gasteiger partial charge in [0.2, 0.25) is 0 Å². The molecule has 0 aromatic heterocycles. The first kappa shape index (κ1) is 13.3. The van der Waals surface area contributed by atoms with Crippen LogP contribution in [0.3, 0.4) is 0 Å². The van der Waals surface area contributed by atoms with Gasteiger partial charge in [0.1, 0.15) is 0 Å². The molecule has 6 heteroatoms. The molecule has 0 spiro atoms. The Morgan fingerprint density at radius 3 is 2.79 bits per heavy atom. The molecule has 0 aliphatic heterocycles. The summed E-state index contributed by atoms with van der Waals surface area (Å²) in [5.41, 5.74) is 6.21. The Bertz CT molecular complexity index is 524. The van der Waals surface area contributed by atoms with Crippen molar-refractivity contribution in [2.24, 2.45) is 11.1 Å². The molecule has 1 saturated carbocycles. The highest BCUT2D eigenvalue weighted by Crippen LogP contribution is 2.49. The fourth-order valence-electron chi connectivity index (χ4n) is 2.07. The first-order valence-corrected chi connectivity index (χ1v) is 6.13. The van der Waals surface area contributed by atoms with Crippen molar-refractivity contribution in [3.63, 3.8) is 0 Å². The number of nitro benzene ring substituents is 1. The van der Waals surface area contributed by atoms with Crippen molar-refractivity contribution >= 4 is 11.5 Å². The van der Waals surface area contributed by atoms with Crippen LogP contribution < -0.4 is 10.5 Å². The zero-order chi connectivity index (χ0) is 14.0. The number of nitrogens with two attached hydrogens (primary N) is 1. The maximum atomic E-state index is 10.9. The Labute approximate surface area is 111 Å². The number of rotatable bonds is 6. The molecule has 3 N–H and O–H groups in total. The molecule has 1 aromatic carbocycles. The number of benzene rings is 1. The Morgan fingerprint density at radius 1 is 1.58 bits per heavy atom. The first-order chi connectivity index (χ1) is 8.92. The summed E-state index contributed by atoms with van der Waals surface area (Å²) in [4.78, 5) is 10.5. The minimum Gasteiger partial charge on any atom is -0.486 e. The number of hydrogen-bond acceptors (Lipinski definition) is 4. The van der Waals surface area contributed by atoms with Gasteiger partial charge in [-0.15, -0.1) is 0 Å². The highest BCUT2D eigenvalue weighted by atomic mass is 16.6. The second-order valence-corrected chi connectivity index (χ2v) is 5.22. The normalized spacial score (nSPS) is 15.8. The molecule has 1 fully saturated rings. The van der Waals surface area contributed by atoms with Crippen LogP contribution in [0, 0.1) is 27.9 Å². The van der Waals surface area contributed by atoms with Gasteiger partial charge in [0.15, 0.2) is 5.75 Å². The van der Waals surface area contributed by atoms with Crippen molar-refractivity contribution in [3.8, 4) is 5.75 Å². The Kier molecular flexibility index (Phi) is 3.42. The number of hydrogen-bond donors (Lipinski definition) is 2. The van der Waals surface area contributed by atoms with E-state index >= 15 is 0 Å². The quantitative estimate of drug-likeness (QED) is 0.356. The molecule has 0 atom stereocenters. The second-order valence-electron chi connectivity index (χ2n) is 5.22. The molecular formula is C13H17N3O3. The second kappa shape index (κ2) is 4.87. The van der Waals surface area contributed by atoms with Gasteiger partial charge in [-0.3, -0.25) is 15.5 Å². The average Bonchev–Trinajstić information content (AvgIpc) is 3.05. The largest absolute Gasteiger partial charge is 0.486 e. The highest BCUT2D eigenvalue weighted by molar-refractivity contribution is 5.78. The Balaban J connectivity index is 2.09. The fourth-order valence-corrected chi connectivity index (χ4v) is 2.07. The highest BCUT2D eigenvalue weighted by Gasteiger charge is 2.44. The van der Waals surface area contributed by atoms with Gasteiger partial charge in [-0.2, -0.15) is 0 Å². The van der Waals surface area contributed by atoms with Gasteiger partial charge >= 0.3 is 5.69 Å². The van der Waals surface area contributed by atoms with Crippen molar-refractivity contribution in [2.45, 2.75) is 26.2 Å². The summed E-state index contributed by atoms with van der Waals surface area (Å²) in [6, 6.07) is 4.81. The number of ether oxygens (including phenoxy) is 1. The Morgan fingerprint density at radius 2 is 2.26 bits per heavy atom. The fraction of sp³-hybridized carbons (Fsp3) is 0.462. The molecule has 102 valence electrons. The van der Waals surface area contributed by atoms with E-state index in [0.29, 0.717) is 18.8 Å². The third kappa shape index (κ3) is 3.21. The van der Waals surface area contributed by atoms with Crippen molar-refractivity contribution in [1.29, 1.82) is 5.41 Å². The van der Waals surface area contributed by atoms with E-state index in [9.17, 15) is 10.1 Å². The maximum Gasteiger partial charge on any atom is 0.310 e. The molecular weight excluding hydrogens is 246 g/mol. The van der Waals surface area contributed by atoms with E-state index in [2.05, 4.69) is 0 Å². The van der Waals surface area contributed by atoms with Crippen LogP contribution >= 0.6 is 0 Å². The summed E-state index contributed by atoms with van der Waals surface area (Å²) in [6.45, 7) is 2.23. The molecule has 1 aromatic rings. The summed E-state index contributed by atoms with van der Waals surface area (Å²) in [6.07, 6.45) is 2.39. The third-order valence-corrected chi connectivity index (χ3v) is 3.37. The lowest BCUT2D eigenvalue weighted by Gasteiger charge is -2.15. The lowest BCUT2D eigenvalue weighted by atomic mass is 10.0. The molecule has 0 unspecified atom stereocenters. The smallest absolute Gasteiger partial charge is 0.310 e. The molecule has 19 heavy (non-hydrogen) atoms. The summed E-state index contributed by atoms with van der Waals surface area (Å²) in [7, 11) is 0. The standard InChI is InChI=1S/C13H17N3O3/c1-9-2-3-10(16(17)18)11(6-9)19-8-13(4-5-13)7-12(14)15/h2-3,6H,4-5,7-8H2,1H3,(H3,14,15). The molecule has 1 aliphatic rings. The van der Waals surface area contributed by atoms with Gasteiger partial charge in [-0.25, -0.2) is 0 Å². The van der Waals surface area contributed by atoms with E-state index < -0.39 is 4.92 Å². The van der Waals surface area contributed by atoms with Gasteiger partial charge in [0.25, 0.3) is 0 Å². The van der Waals surface area contributed by atoms with E-state index in [0.717, 1.165) is 18.4 Å². The summed E-state index contributed by atoms with van der Waals surface area (Å²) in [5.74, 6) is 0.430. The van der Waals surface area contributed by atoms with Gasteiger partial charge in [0, 0.05) is 17.9 Å². The SMILES string of the molecule is Cc1ccc([N+](=O)[O-])c(OCC2(CC(=N)N)CC2)c1. The number of nitrogens with one attached hydrogen (secondary N) is 1. The third-order valence-electron chi connectivity index (χ3n) is 3.37. The lowest BCUT2D eigenvalue weighted by Crippen LogP contribution is -2.22. The van der Waals surface area contributed by atoms with Crippen LogP contribution in [0.2, 0.25) is 0 Å². The van der Waals surface area contributed by atoms with Crippen molar-refractivity contribution < 1.29 is 9.66 Å². The van der Waals surface area contributed by atoms with Gasteiger partial charge in [-0.1, -0.05) is 6.07 Å². The molecule has 0 radical (unpaired) electrons. The predicted octanol–water partition coefficient (Wildman–Crippen LogP) is 2.39. The summed E-state index contributed by atoms with van der Waals surface area (Å²) >= 11 is 0. The molecule has 1 aliphatic carbocycles. The van der Waals surface area contributed by atoms with Crippen LogP contribution in [0.1, 0.15) is 24.8 Å². The van der Waals surface area contributed by atoms with Crippen LogP contribution in [-0.4, -0.2) is 17.4 Å². The van der Waals surface area contributed by atoms with Crippen molar-refractivity contribution in [1.82, 2.24) is 0 Å². The van der Waals surface area contributed by atoms with Gasteiger partial charge < -0.3 is 10.5 Å². The van der Waals surface area contributed by atoms with Crippen LogP contribution in [0.15, 0.2) is 18.2 Å². The van der Waals surface area contributed by atoms with E-state index in [1.165, 1.54) is 6.07 Å². The topological polar surface area (TPSA) is 102 Å². The van der Waals surface area contributed by atoms with Gasteiger partial charge in [-0.05, 0) is 31.4 Å². The molecule has 0 heterocycles. The summed E-state index contributed by atoms with van der Waals surface area (Å²) < 4.78 is 5.61. The predicted molar refractivity (Wildman–Crippen MR) is 71.5 cm³/mol. The average molecular weight is 263 g/mol. The monoisotopic (exact) mass is 263 g/mol. The van der Waals surface area contributed by atoms with Crippen LogP contribution in [0.5, 0.6) is 5.75 Å². The number of amidine groups is 1. The number of aryl methyl sites for hydroxylation is 1. The number of nitrogens with zero attached hydrogens (tertiary/aromatic N) is 1.